The lowest BCUT2D eigenvalue weighted by Crippen LogP contribution is -2.37. The molecule has 1 aromatic carbocycles. The molecule has 0 saturated carbocycles. The van der Waals surface area contributed by atoms with Gasteiger partial charge in [0.15, 0.2) is 11.2 Å². The summed E-state index contributed by atoms with van der Waals surface area (Å²) in [7, 11) is 2.89. The molecule has 0 atom stereocenters. The summed E-state index contributed by atoms with van der Waals surface area (Å²) in [5.74, 6) is 0. The quantitative estimate of drug-likeness (QED) is 0.760. The molecule has 0 aliphatic carbocycles. The largest absolute Gasteiger partial charge is 0.416 e. The highest BCUT2D eigenvalue weighted by molar-refractivity contribution is 5.69. The number of aryl methyl sites for hydroxylation is 1. The van der Waals surface area contributed by atoms with E-state index in [1.807, 2.05) is 0 Å². The Balaban J connectivity index is 1.82. The molecule has 0 fully saturated rings. The van der Waals surface area contributed by atoms with Gasteiger partial charge in [0, 0.05) is 32.9 Å². The van der Waals surface area contributed by atoms with Crippen molar-refractivity contribution < 1.29 is 13.2 Å². The van der Waals surface area contributed by atoms with Crippen LogP contribution in [0.15, 0.2) is 40.2 Å². The lowest BCUT2D eigenvalue weighted by molar-refractivity contribution is -0.137. The van der Waals surface area contributed by atoms with Crippen LogP contribution in [-0.2, 0) is 26.8 Å². The Morgan fingerprint density at radius 2 is 1.88 bits per heavy atom. The first kappa shape index (κ1) is 17.8. The van der Waals surface area contributed by atoms with Crippen molar-refractivity contribution in [3.05, 3.63) is 57.0 Å². The van der Waals surface area contributed by atoms with E-state index in [1.54, 1.807) is 4.57 Å². The zero-order valence-corrected chi connectivity index (χ0v) is 14.0. The minimum atomic E-state index is -4.41. The first-order chi connectivity index (χ1) is 12.2. The number of nitrogens with one attached hydrogen (secondary N) is 1. The molecular formula is C16H16F3N5O2. The zero-order valence-electron chi connectivity index (χ0n) is 14.0. The third kappa shape index (κ3) is 3.09. The molecular weight excluding hydrogens is 351 g/mol. The maximum atomic E-state index is 12.7. The predicted molar refractivity (Wildman–Crippen MR) is 90.1 cm³/mol. The van der Waals surface area contributed by atoms with E-state index in [0.29, 0.717) is 12.2 Å². The minimum absolute atomic E-state index is 0.261. The number of benzene rings is 1. The number of hydrogen-bond acceptors (Lipinski definition) is 4. The zero-order chi connectivity index (χ0) is 19.1. The van der Waals surface area contributed by atoms with Crippen molar-refractivity contribution in [1.82, 2.24) is 18.7 Å². The molecule has 0 saturated heterocycles. The lowest BCUT2D eigenvalue weighted by Gasteiger charge is -2.11. The van der Waals surface area contributed by atoms with Crippen molar-refractivity contribution in [3.8, 4) is 0 Å². The summed E-state index contributed by atoms with van der Waals surface area (Å²) < 4.78 is 42.0. The highest BCUT2D eigenvalue weighted by atomic mass is 19.4. The Kier molecular flexibility index (Phi) is 4.34. The Labute approximate surface area is 145 Å². The molecule has 0 spiro atoms. The van der Waals surface area contributed by atoms with Crippen LogP contribution in [0.5, 0.6) is 0 Å². The van der Waals surface area contributed by atoms with Gasteiger partial charge in [-0.2, -0.15) is 13.2 Å². The van der Waals surface area contributed by atoms with Crippen LogP contribution in [0.4, 0.5) is 18.9 Å². The number of alkyl halides is 3. The summed E-state index contributed by atoms with van der Waals surface area (Å²) in [6.45, 7) is 0.568. The van der Waals surface area contributed by atoms with E-state index < -0.39 is 23.0 Å². The highest BCUT2D eigenvalue weighted by Gasteiger charge is 2.30. The number of nitrogens with zero attached hydrogens (tertiary/aromatic N) is 4. The molecule has 0 aliphatic heterocycles. The number of fused-ring (bicyclic) bond motifs is 1. The maximum absolute atomic E-state index is 12.7. The predicted octanol–water partition coefficient (Wildman–Crippen LogP) is 1.56. The van der Waals surface area contributed by atoms with Gasteiger partial charge in [0.05, 0.1) is 11.9 Å². The van der Waals surface area contributed by atoms with E-state index in [0.717, 1.165) is 16.7 Å². The van der Waals surface area contributed by atoms with E-state index in [4.69, 9.17) is 0 Å². The second kappa shape index (κ2) is 6.36. The molecule has 1 N–H and O–H groups in total. The fourth-order valence-electron chi connectivity index (χ4n) is 2.69. The number of anilines is 1. The van der Waals surface area contributed by atoms with Gasteiger partial charge in [-0.15, -0.1) is 0 Å². The Morgan fingerprint density at radius 1 is 1.15 bits per heavy atom. The van der Waals surface area contributed by atoms with Crippen molar-refractivity contribution in [3.63, 3.8) is 0 Å². The van der Waals surface area contributed by atoms with E-state index in [9.17, 15) is 22.8 Å². The molecule has 2 aromatic heterocycles. The molecule has 2 heterocycles. The Morgan fingerprint density at radius 3 is 2.58 bits per heavy atom. The SMILES string of the molecule is Cn1c(=O)c2c(ncn2CCNc2cccc(C(F)(F)F)c2)n(C)c1=O. The van der Waals surface area contributed by atoms with E-state index in [2.05, 4.69) is 10.3 Å². The first-order valence-corrected chi connectivity index (χ1v) is 7.72. The summed E-state index contributed by atoms with van der Waals surface area (Å²) in [5, 5.41) is 2.89. The molecule has 7 nitrogen and oxygen atoms in total. The monoisotopic (exact) mass is 367 g/mol. The molecule has 0 amide bonds. The van der Waals surface area contributed by atoms with E-state index in [-0.39, 0.29) is 17.7 Å². The van der Waals surface area contributed by atoms with Gasteiger partial charge >= 0.3 is 11.9 Å². The number of imidazole rings is 1. The van der Waals surface area contributed by atoms with Crippen LogP contribution in [0, 0.1) is 0 Å². The van der Waals surface area contributed by atoms with Crippen LogP contribution in [0.1, 0.15) is 5.56 Å². The molecule has 0 bridgehead atoms. The van der Waals surface area contributed by atoms with Gasteiger partial charge in [-0.05, 0) is 18.2 Å². The van der Waals surface area contributed by atoms with Gasteiger partial charge in [0.2, 0.25) is 0 Å². The number of rotatable bonds is 4. The minimum Gasteiger partial charge on any atom is -0.383 e. The molecule has 10 heteroatoms. The van der Waals surface area contributed by atoms with Crippen molar-refractivity contribution in [2.24, 2.45) is 14.1 Å². The van der Waals surface area contributed by atoms with Crippen molar-refractivity contribution in [1.29, 1.82) is 0 Å². The van der Waals surface area contributed by atoms with Crippen molar-refractivity contribution in [2.45, 2.75) is 12.7 Å². The van der Waals surface area contributed by atoms with Gasteiger partial charge in [-0.1, -0.05) is 6.07 Å². The molecule has 138 valence electrons. The van der Waals surface area contributed by atoms with Gasteiger partial charge in [-0.25, -0.2) is 9.78 Å². The van der Waals surface area contributed by atoms with Gasteiger partial charge in [-0.3, -0.25) is 13.9 Å². The van der Waals surface area contributed by atoms with Crippen molar-refractivity contribution >= 4 is 16.9 Å². The third-order valence-electron chi connectivity index (χ3n) is 4.09. The Bertz CT molecular complexity index is 1080. The van der Waals surface area contributed by atoms with Gasteiger partial charge in [0.25, 0.3) is 5.56 Å². The lowest BCUT2D eigenvalue weighted by atomic mass is 10.2. The normalized spacial score (nSPS) is 11.9. The first-order valence-electron chi connectivity index (χ1n) is 7.72. The third-order valence-corrected chi connectivity index (χ3v) is 4.09. The molecule has 0 radical (unpaired) electrons. The van der Waals surface area contributed by atoms with Crippen LogP contribution in [-0.4, -0.2) is 25.2 Å². The van der Waals surface area contributed by atoms with Crippen LogP contribution < -0.4 is 16.6 Å². The van der Waals surface area contributed by atoms with E-state index >= 15 is 0 Å². The topological polar surface area (TPSA) is 73.8 Å². The standard InChI is InChI=1S/C16H16F3N5O2/c1-22-13-12(14(25)23(2)15(22)26)24(9-21-13)7-6-20-11-5-3-4-10(8-11)16(17,18)19/h3-5,8-9,20H,6-7H2,1-2H3. The molecule has 3 rings (SSSR count). The summed E-state index contributed by atoms with van der Waals surface area (Å²) in [6, 6.07) is 4.88. The fraction of sp³-hybridized carbons (Fsp3) is 0.312. The molecule has 3 aromatic rings. The molecule has 26 heavy (non-hydrogen) atoms. The average Bonchev–Trinajstić information content (AvgIpc) is 3.02. The Hall–Kier alpha value is -3.04. The van der Waals surface area contributed by atoms with Crippen molar-refractivity contribution in [2.75, 3.05) is 11.9 Å². The van der Waals surface area contributed by atoms with E-state index in [1.165, 1.54) is 37.1 Å². The summed E-state index contributed by atoms with van der Waals surface area (Å²) in [5.41, 5.74) is -0.837. The average molecular weight is 367 g/mol. The van der Waals surface area contributed by atoms with Crippen LogP contribution in [0.2, 0.25) is 0 Å². The smallest absolute Gasteiger partial charge is 0.383 e. The summed E-state index contributed by atoms with van der Waals surface area (Å²) in [4.78, 5) is 28.3. The molecule has 0 aliphatic rings. The van der Waals surface area contributed by atoms with Gasteiger partial charge < -0.3 is 9.88 Å². The number of halogens is 3. The molecule has 0 unspecified atom stereocenters. The van der Waals surface area contributed by atoms with Crippen LogP contribution >= 0.6 is 0 Å². The number of aromatic nitrogens is 4. The maximum Gasteiger partial charge on any atom is 0.416 e. The van der Waals surface area contributed by atoms with Crippen LogP contribution in [0.3, 0.4) is 0 Å². The van der Waals surface area contributed by atoms with Gasteiger partial charge in [0.1, 0.15) is 0 Å². The summed E-state index contributed by atoms with van der Waals surface area (Å²) >= 11 is 0. The fourth-order valence-corrected chi connectivity index (χ4v) is 2.69. The van der Waals surface area contributed by atoms with Crippen LogP contribution in [0.25, 0.3) is 11.2 Å². The summed E-state index contributed by atoms with van der Waals surface area (Å²) in [6.07, 6.45) is -2.98. The highest BCUT2D eigenvalue weighted by Crippen LogP contribution is 2.30. The second-order valence-electron chi connectivity index (χ2n) is 5.82. The number of hydrogen-bond donors (Lipinski definition) is 1. The second-order valence-corrected chi connectivity index (χ2v) is 5.82.